The molecule has 3 nitrogen and oxygen atoms in total. The summed E-state index contributed by atoms with van der Waals surface area (Å²) in [6, 6.07) is 4.21. The molecule has 0 heterocycles. The quantitative estimate of drug-likeness (QED) is 0.757. The van der Waals surface area contributed by atoms with Gasteiger partial charge in [-0.1, -0.05) is 11.6 Å². The highest BCUT2D eigenvalue weighted by atomic mass is 35.5. The van der Waals surface area contributed by atoms with Crippen molar-refractivity contribution in [3.05, 3.63) is 29.0 Å². The van der Waals surface area contributed by atoms with Crippen LogP contribution in [0.2, 0.25) is 5.02 Å². The van der Waals surface area contributed by atoms with Crippen LogP contribution >= 0.6 is 11.6 Å². The molecule has 1 aromatic carbocycles. The molecule has 0 spiro atoms. The van der Waals surface area contributed by atoms with E-state index in [-0.39, 0.29) is 12.2 Å². The van der Waals surface area contributed by atoms with Gasteiger partial charge in [0.25, 0.3) is 0 Å². The predicted octanol–water partition coefficient (Wildman–Crippen LogP) is 3.15. The molecule has 1 rings (SSSR count). The number of hydrogen-bond donors (Lipinski definition) is 2. The molecule has 0 saturated heterocycles. The minimum Gasteiger partial charge on any atom is -0.481 e. The minimum atomic E-state index is -0.797. The minimum absolute atomic E-state index is 0.158. The van der Waals surface area contributed by atoms with E-state index in [1.807, 2.05) is 0 Å². The van der Waals surface area contributed by atoms with Crippen molar-refractivity contribution < 1.29 is 14.3 Å². The molecule has 0 radical (unpaired) electrons. The molecular weight excluding hydrogens is 233 g/mol. The van der Waals surface area contributed by atoms with E-state index in [4.69, 9.17) is 16.7 Å². The molecule has 0 aromatic heterocycles. The van der Waals surface area contributed by atoms with Gasteiger partial charge in [-0.2, -0.15) is 0 Å². The molecular formula is C11H13ClFNO2. The molecule has 88 valence electrons. The molecule has 16 heavy (non-hydrogen) atoms. The van der Waals surface area contributed by atoms with Crippen molar-refractivity contribution in [3.63, 3.8) is 0 Å². The topological polar surface area (TPSA) is 49.3 Å². The van der Waals surface area contributed by atoms with Crippen molar-refractivity contribution >= 4 is 23.3 Å². The van der Waals surface area contributed by atoms with Crippen molar-refractivity contribution in [3.8, 4) is 0 Å². The molecule has 0 amide bonds. The molecule has 0 unspecified atom stereocenters. The average molecular weight is 246 g/mol. The lowest BCUT2D eigenvalue weighted by Crippen LogP contribution is -2.03. The molecule has 5 heteroatoms. The monoisotopic (exact) mass is 245 g/mol. The first-order valence-corrected chi connectivity index (χ1v) is 5.37. The van der Waals surface area contributed by atoms with Gasteiger partial charge in [-0.05, 0) is 31.0 Å². The Hall–Kier alpha value is -1.29. The van der Waals surface area contributed by atoms with E-state index in [1.165, 1.54) is 12.1 Å². The van der Waals surface area contributed by atoms with Crippen molar-refractivity contribution in [1.29, 1.82) is 0 Å². The van der Waals surface area contributed by atoms with E-state index in [0.717, 1.165) is 6.42 Å². The van der Waals surface area contributed by atoms with Crippen molar-refractivity contribution in [1.82, 2.24) is 0 Å². The Kier molecular flexibility index (Phi) is 5.05. The maximum Gasteiger partial charge on any atom is 0.303 e. The third kappa shape index (κ3) is 4.98. The van der Waals surface area contributed by atoms with Gasteiger partial charge in [-0.25, -0.2) is 4.39 Å². The summed E-state index contributed by atoms with van der Waals surface area (Å²) < 4.78 is 12.9. The van der Waals surface area contributed by atoms with Gasteiger partial charge < -0.3 is 10.4 Å². The first-order chi connectivity index (χ1) is 7.58. The second-order valence-electron chi connectivity index (χ2n) is 3.44. The lowest BCUT2D eigenvalue weighted by molar-refractivity contribution is -0.137. The van der Waals surface area contributed by atoms with Crippen LogP contribution in [0, 0.1) is 5.82 Å². The number of hydrogen-bond acceptors (Lipinski definition) is 2. The van der Waals surface area contributed by atoms with E-state index >= 15 is 0 Å². The number of halogens is 2. The van der Waals surface area contributed by atoms with Gasteiger partial charge >= 0.3 is 5.97 Å². The van der Waals surface area contributed by atoms with E-state index in [0.29, 0.717) is 23.7 Å². The molecule has 0 fully saturated rings. The molecule has 2 N–H and O–H groups in total. The average Bonchev–Trinajstić information content (AvgIpc) is 2.15. The molecule has 0 aliphatic heterocycles. The molecule has 0 saturated carbocycles. The van der Waals surface area contributed by atoms with E-state index in [9.17, 15) is 9.18 Å². The van der Waals surface area contributed by atoms with Crippen LogP contribution in [0.25, 0.3) is 0 Å². The van der Waals surface area contributed by atoms with E-state index in [1.54, 1.807) is 6.07 Å². The summed E-state index contributed by atoms with van der Waals surface area (Å²) >= 11 is 5.67. The molecule has 0 aliphatic rings. The van der Waals surface area contributed by atoms with Crippen LogP contribution in [-0.2, 0) is 4.79 Å². The lowest BCUT2D eigenvalue weighted by atomic mass is 10.2. The zero-order valence-corrected chi connectivity index (χ0v) is 9.43. The fraction of sp³-hybridized carbons (Fsp3) is 0.364. The van der Waals surface area contributed by atoms with Gasteiger partial charge in [0.05, 0.1) is 0 Å². The molecule has 0 atom stereocenters. The molecule has 0 bridgehead atoms. The van der Waals surface area contributed by atoms with Crippen LogP contribution < -0.4 is 5.32 Å². The Balaban J connectivity index is 2.29. The summed E-state index contributed by atoms with van der Waals surface area (Å²) in [5.41, 5.74) is 0.611. The van der Waals surface area contributed by atoms with Gasteiger partial charge in [0.1, 0.15) is 5.82 Å². The number of benzene rings is 1. The van der Waals surface area contributed by atoms with Gasteiger partial charge in [0.15, 0.2) is 0 Å². The van der Waals surface area contributed by atoms with E-state index in [2.05, 4.69) is 5.32 Å². The number of aliphatic carboxylic acids is 1. The molecule has 1 aromatic rings. The summed E-state index contributed by atoms with van der Waals surface area (Å²) in [7, 11) is 0. The Bertz CT molecular complexity index is 351. The van der Waals surface area contributed by atoms with Crippen LogP contribution in [0.4, 0.5) is 10.1 Å². The second-order valence-corrected chi connectivity index (χ2v) is 3.87. The summed E-state index contributed by atoms with van der Waals surface area (Å²) in [6.45, 7) is 0.604. The van der Waals surface area contributed by atoms with Crippen LogP contribution in [0.15, 0.2) is 18.2 Å². The zero-order valence-electron chi connectivity index (χ0n) is 8.67. The number of carboxylic acids is 1. The fourth-order valence-electron chi connectivity index (χ4n) is 1.29. The van der Waals surface area contributed by atoms with E-state index < -0.39 is 5.97 Å². The first kappa shape index (κ1) is 12.8. The Morgan fingerprint density at radius 2 is 2.12 bits per heavy atom. The number of nitrogens with one attached hydrogen (secondary N) is 1. The summed E-state index contributed by atoms with van der Waals surface area (Å²) in [4.78, 5) is 10.2. The maximum atomic E-state index is 12.9. The standard InChI is InChI=1S/C11H13ClFNO2/c12-8-5-9(13)7-10(6-8)14-4-2-1-3-11(15)16/h5-7,14H,1-4H2,(H,15,16). The van der Waals surface area contributed by atoms with Crippen molar-refractivity contribution in [2.24, 2.45) is 0 Å². The van der Waals surface area contributed by atoms with Gasteiger partial charge in [0, 0.05) is 23.7 Å². The van der Waals surface area contributed by atoms with Crippen LogP contribution in [0.5, 0.6) is 0 Å². The Morgan fingerprint density at radius 1 is 1.38 bits per heavy atom. The lowest BCUT2D eigenvalue weighted by Gasteiger charge is -2.06. The molecule has 0 aliphatic carbocycles. The van der Waals surface area contributed by atoms with Crippen LogP contribution in [0.3, 0.4) is 0 Å². The Labute approximate surface area is 98.2 Å². The number of unbranched alkanes of at least 4 members (excludes halogenated alkanes) is 1. The highest BCUT2D eigenvalue weighted by Gasteiger charge is 1.99. The fourth-order valence-corrected chi connectivity index (χ4v) is 1.51. The normalized spacial score (nSPS) is 10.1. The Morgan fingerprint density at radius 3 is 2.75 bits per heavy atom. The number of anilines is 1. The van der Waals surface area contributed by atoms with Crippen molar-refractivity contribution in [2.45, 2.75) is 19.3 Å². The van der Waals surface area contributed by atoms with Crippen molar-refractivity contribution in [2.75, 3.05) is 11.9 Å². The summed E-state index contributed by atoms with van der Waals surface area (Å²) in [5.74, 6) is -1.19. The first-order valence-electron chi connectivity index (χ1n) is 4.99. The summed E-state index contributed by atoms with van der Waals surface area (Å²) in [6.07, 6.45) is 1.48. The third-order valence-corrected chi connectivity index (χ3v) is 2.23. The smallest absolute Gasteiger partial charge is 0.303 e. The third-order valence-electron chi connectivity index (χ3n) is 2.01. The highest BCUT2D eigenvalue weighted by Crippen LogP contribution is 2.17. The largest absolute Gasteiger partial charge is 0.481 e. The maximum absolute atomic E-state index is 12.9. The second kappa shape index (κ2) is 6.33. The SMILES string of the molecule is O=C(O)CCCCNc1cc(F)cc(Cl)c1. The highest BCUT2D eigenvalue weighted by molar-refractivity contribution is 6.30. The number of carboxylic acid groups (broad SMARTS) is 1. The van der Waals surface area contributed by atoms with Gasteiger partial charge in [-0.15, -0.1) is 0 Å². The van der Waals surface area contributed by atoms with Gasteiger partial charge in [-0.3, -0.25) is 4.79 Å². The van der Waals surface area contributed by atoms with Gasteiger partial charge in [0.2, 0.25) is 0 Å². The summed E-state index contributed by atoms with van der Waals surface area (Å²) in [5, 5.41) is 11.7. The zero-order chi connectivity index (χ0) is 12.0. The van der Waals surface area contributed by atoms with Crippen LogP contribution in [0.1, 0.15) is 19.3 Å². The predicted molar refractivity (Wildman–Crippen MR) is 61.4 cm³/mol. The number of rotatable bonds is 6. The van der Waals surface area contributed by atoms with Crippen LogP contribution in [-0.4, -0.2) is 17.6 Å². The number of carbonyl (C=O) groups is 1.